The van der Waals surface area contributed by atoms with Crippen LogP contribution in [-0.2, 0) is 4.74 Å². The van der Waals surface area contributed by atoms with Gasteiger partial charge in [-0.25, -0.2) is 4.98 Å². The molecule has 0 aliphatic carbocycles. The topological polar surface area (TPSA) is 62.3 Å². The zero-order chi connectivity index (χ0) is 11.7. The average Bonchev–Trinajstić information content (AvgIpc) is 2.93. The smallest absolute Gasteiger partial charge is 0.147 e. The molecule has 0 aromatic carbocycles. The van der Waals surface area contributed by atoms with Gasteiger partial charge < -0.3 is 9.64 Å². The van der Waals surface area contributed by atoms with Gasteiger partial charge in [0, 0.05) is 44.6 Å². The molecule has 0 radical (unpaired) electrons. The Morgan fingerprint density at radius 1 is 1.41 bits per heavy atom. The molecule has 3 unspecified atom stereocenters. The van der Waals surface area contributed by atoms with Gasteiger partial charge in [-0.05, 0) is 0 Å². The van der Waals surface area contributed by atoms with Crippen molar-refractivity contribution in [1.82, 2.24) is 20.8 Å². The van der Waals surface area contributed by atoms with Crippen LogP contribution in [-0.4, -0.2) is 48.9 Å². The molecule has 2 aliphatic heterocycles. The van der Waals surface area contributed by atoms with E-state index >= 15 is 0 Å². The van der Waals surface area contributed by atoms with Gasteiger partial charge in [-0.1, -0.05) is 0 Å². The maximum Gasteiger partial charge on any atom is 0.147 e. The van der Waals surface area contributed by atoms with Crippen molar-refractivity contribution in [2.24, 2.45) is 5.92 Å². The molecule has 6 heteroatoms. The molecule has 3 rings (SSSR count). The zero-order valence-corrected chi connectivity index (χ0v) is 9.84. The van der Waals surface area contributed by atoms with Crippen LogP contribution in [0.4, 0.5) is 5.82 Å². The SMILES string of the molecule is COCC1NNC2CN(c3cnccn3)CC12. The van der Waals surface area contributed by atoms with Gasteiger partial charge in [-0.2, -0.15) is 0 Å². The van der Waals surface area contributed by atoms with E-state index in [9.17, 15) is 0 Å². The van der Waals surface area contributed by atoms with Crippen LogP contribution in [0.3, 0.4) is 0 Å². The lowest BCUT2D eigenvalue weighted by molar-refractivity contribution is 0.158. The lowest BCUT2D eigenvalue weighted by Crippen LogP contribution is -2.40. The Kier molecular flexibility index (Phi) is 2.92. The summed E-state index contributed by atoms with van der Waals surface area (Å²) in [7, 11) is 1.74. The number of fused-ring (bicyclic) bond motifs is 1. The number of aromatic nitrogens is 2. The fourth-order valence-corrected chi connectivity index (χ4v) is 2.70. The highest BCUT2D eigenvalue weighted by Crippen LogP contribution is 2.27. The number of nitrogens with zero attached hydrogens (tertiary/aromatic N) is 3. The molecule has 3 heterocycles. The van der Waals surface area contributed by atoms with E-state index in [-0.39, 0.29) is 0 Å². The fraction of sp³-hybridized carbons (Fsp3) is 0.636. The first-order valence-corrected chi connectivity index (χ1v) is 5.89. The van der Waals surface area contributed by atoms with Gasteiger partial charge in [0.2, 0.25) is 0 Å². The number of ether oxygens (including phenoxy) is 1. The second-order valence-corrected chi connectivity index (χ2v) is 4.59. The fourth-order valence-electron chi connectivity index (χ4n) is 2.70. The molecule has 1 aromatic heterocycles. The maximum atomic E-state index is 5.23. The summed E-state index contributed by atoms with van der Waals surface area (Å²) in [5.41, 5.74) is 6.63. The van der Waals surface area contributed by atoms with Crippen LogP contribution < -0.4 is 15.8 Å². The summed E-state index contributed by atoms with van der Waals surface area (Å²) in [6.45, 7) is 2.70. The third kappa shape index (κ3) is 1.99. The summed E-state index contributed by atoms with van der Waals surface area (Å²) in [5.74, 6) is 1.52. The number of nitrogens with one attached hydrogen (secondary N) is 2. The van der Waals surface area contributed by atoms with E-state index in [1.165, 1.54) is 0 Å². The minimum Gasteiger partial charge on any atom is -0.383 e. The van der Waals surface area contributed by atoms with Crippen LogP contribution in [0.25, 0.3) is 0 Å². The third-order valence-corrected chi connectivity index (χ3v) is 3.56. The lowest BCUT2D eigenvalue weighted by Gasteiger charge is -2.20. The van der Waals surface area contributed by atoms with Gasteiger partial charge in [-0.3, -0.25) is 15.8 Å². The number of methoxy groups -OCH3 is 1. The quantitative estimate of drug-likeness (QED) is 0.730. The summed E-state index contributed by atoms with van der Waals surface area (Å²) in [6, 6.07) is 0.851. The van der Waals surface area contributed by atoms with Crippen LogP contribution in [0, 0.1) is 5.92 Å². The van der Waals surface area contributed by atoms with E-state index in [2.05, 4.69) is 25.7 Å². The molecular weight excluding hydrogens is 218 g/mol. The van der Waals surface area contributed by atoms with Gasteiger partial charge in [0.1, 0.15) is 5.82 Å². The first-order valence-electron chi connectivity index (χ1n) is 5.89. The van der Waals surface area contributed by atoms with Crippen molar-refractivity contribution in [1.29, 1.82) is 0 Å². The van der Waals surface area contributed by atoms with Gasteiger partial charge >= 0.3 is 0 Å². The molecule has 3 atom stereocenters. The molecule has 6 nitrogen and oxygen atoms in total. The molecule has 2 N–H and O–H groups in total. The maximum absolute atomic E-state index is 5.23. The van der Waals surface area contributed by atoms with Crippen LogP contribution in [0.15, 0.2) is 18.6 Å². The monoisotopic (exact) mass is 235 g/mol. The first-order chi connectivity index (χ1) is 8.38. The van der Waals surface area contributed by atoms with Crippen LogP contribution in [0.2, 0.25) is 0 Å². The number of hydrazine groups is 1. The van der Waals surface area contributed by atoms with E-state index < -0.39 is 0 Å². The van der Waals surface area contributed by atoms with Crippen molar-refractivity contribution in [3.63, 3.8) is 0 Å². The molecule has 0 saturated carbocycles. The van der Waals surface area contributed by atoms with Crippen molar-refractivity contribution in [3.8, 4) is 0 Å². The molecule has 0 amide bonds. The number of hydrogen-bond donors (Lipinski definition) is 2. The highest BCUT2D eigenvalue weighted by atomic mass is 16.5. The predicted octanol–water partition coefficient (Wildman–Crippen LogP) is -0.596. The summed E-state index contributed by atoms with van der Waals surface area (Å²) in [6.07, 6.45) is 5.26. The second kappa shape index (κ2) is 4.56. The van der Waals surface area contributed by atoms with E-state index in [0.717, 1.165) is 25.5 Å². The standard InChI is InChI=1S/C11H17N5O/c1-17-7-10-8-5-16(6-9(8)14-15-10)11-4-12-2-3-13-11/h2-4,8-10,14-15H,5-7H2,1H3. The summed E-state index contributed by atoms with van der Waals surface area (Å²) in [4.78, 5) is 10.7. The van der Waals surface area contributed by atoms with Crippen molar-refractivity contribution in [3.05, 3.63) is 18.6 Å². The average molecular weight is 235 g/mol. The van der Waals surface area contributed by atoms with Gasteiger partial charge in [0.15, 0.2) is 0 Å². The predicted molar refractivity (Wildman–Crippen MR) is 63.5 cm³/mol. The molecule has 2 saturated heterocycles. The van der Waals surface area contributed by atoms with Crippen LogP contribution in [0.5, 0.6) is 0 Å². The molecule has 0 bridgehead atoms. The Morgan fingerprint density at radius 2 is 2.35 bits per heavy atom. The van der Waals surface area contributed by atoms with Crippen LogP contribution in [0.1, 0.15) is 0 Å². The Labute approximate surface area is 100 Å². The molecule has 2 fully saturated rings. The van der Waals surface area contributed by atoms with E-state index in [1.54, 1.807) is 19.5 Å². The van der Waals surface area contributed by atoms with Crippen molar-refractivity contribution >= 4 is 5.82 Å². The summed E-state index contributed by atoms with van der Waals surface area (Å²) >= 11 is 0. The van der Waals surface area contributed by atoms with E-state index in [0.29, 0.717) is 18.0 Å². The Balaban J connectivity index is 1.70. The van der Waals surface area contributed by atoms with E-state index in [4.69, 9.17) is 4.74 Å². The third-order valence-electron chi connectivity index (χ3n) is 3.56. The van der Waals surface area contributed by atoms with Crippen LogP contribution >= 0.6 is 0 Å². The molecule has 1 aromatic rings. The first kappa shape index (κ1) is 10.9. The molecule has 2 aliphatic rings. The van der Waals surface area contributed by atoms with Gasteiger partial charge in [-0.15, -0.1) is 0 Å². The summed E-state index contributed by atoms with van der Waals surface area (Å²) in [5, 5.41) is 0. The van der Waals surface area contributed by atoms with Crippen molar-refractivity contribution < 1.29 is 4.74 Å². The number of rotatable bonds is 3. The number of hydrogen-bond acceptors (Lipinski definition) is 6. The Bertz CT molecular complexity index is 371. The number of anilines is 1. The van der Waals surface area contributed by atoms with Crippen molar-refractivity contribution in [2.45, 2.75) is 12.1 Å². The molecule has 92 valence electrons. The highest BCUT2D eigenvalue weighted by molar-refractivity contribution is 5.38. The summed E-state index contributed by atoms with van der Waals surface area (Å²) < 4.78 is 5.23. The lowest BCUT2D eigenvalue weighted by atomic mass is 9.98. The highest BCUT2D eigenvalue weighted by Gasteiger charge is 2.42. The molecule has 17 heavy (non-hydrogen) atoms. The van der Waals surface area contributed by atoms with Crippen molar-refractivity contribution in [2.75, 3.05) is 31.7 Å². The molecule has 0 spiro atoms. The minimum absolute atomic E-state index is 0.381. The minimum atomic E-state index is 0.381. The second-order valence-electron chi connectivity index (χ2n) is 4.59. The molecular formula is C11H17N5O. The zero-order valence-electron chi connectivity index (χ0n) is 9.84. The Hall–Kier alpha value is -1.24. The van der Waals surface area contributed by atoms with E-state index in [1.807, 2.05) is 6.20 Å². The van der Waals surface area contributed by atoms with Gasteiger partial charge in [0.25, 0.3) is 0 Å². The van der Waals surface area contributed by atoms with Gasteiger partial charge in [0.05, 0.1) is 18.8 Å². The largest absolute Gasteiger partial charge is 0.383 e. The Morgan fingerprint density at radius 3 is 3.12 bits per heavy atom. The normalized spacial score (nSPS) is 31.8.